The molecule has 7 heteroatoms. The van der Waals surface area contributed by atoms with Crippen molar-refractivity contribution in [3.63, 3.8) is 0 Å². The number of hydrogen-bond acceptors (Lipinski definition) is 3. The fraction of sp³-hybridized carbons (Fsp3) is 0.462. The van der Waals surface area contributed by atoms with Gasteiger partial charge in [-0.15, -0.1) is 0 Å². The van der Waals surface area contributed by atoms with Crippen LogP contribution in [0.25, 0.3) is 0 Å². The Hall–Kier alpha value is -1.01. The van der Waals surface area contributed by atoms with Crippen LogP contribution in [0.4, 0.5) is 10.5 Å². The van der Waals surface area contributed by atoms with Crippen molar-refractivity contribution in [3.05, 3.63) is 28.2 Å². The third-order valence-corrected chi connectivity index (χ3v) is 3.28. The number of halogens is 2. The van der Waals surface area contributed by atoms with E-state index in [4.69, 9.17) is 33.0 Å². The number of urea groups is 1. The number of nitrogens with one attached hydrogen (secondary N) is 2. The van der Waals surface area contributed by atoms with E-state index < -0.39 is 11.6 Å². The Labute approximate surface area is 128 Å². The molecule has 20 heavy (non-hydrogen) atoms. The molecule has 0 aliphatic carbocycles. The minimum Gasteiger partial charge on any atom is -0.396 e. The number of hydrogen-bond donors (Lipinski definition) is 3. The molecule has 0 fully saturated rings. The Morgan fingerprint density at radius 1 is 1.45 bits per heavy atom. The second-order valence-corrected chi connectivity index (χ2v) is 5.51. The van der Waals surface area contributed by atoms with Crippen molar-refractivity contribution in [3.8, 4) is 0 Å². The van der Waals surface area contributed by atoms with Crippen LogP contribution in [0.1, 0.15) is 13.3 Å². The predicted octanol–water partition coefficient (Wildman–Crippen LogP) is 2.90. The van der Waals surface area contributed by atoms with Gasteiger partial charge in [0, 0.05) is 18.7 Å². The third-order valence-electron chi connectivity index (χ3n) is 2.72. The summed E-state index contributed by atoms with van der Waals surface area (Å²) in [5, 5.41) is 15.3. The summed E-state index contributed by atoms with van der Waals surface area (Å²) in [5.74, 6) is 0. The summed E-state index contributed by atoms with van der Waals surface area (Å²) in [4.78, 5) is 12.0. The van der Waals surface area contributed by atoms with Gasteiger partial charge >= 0.3 is 6.03 Å². The Morgan fingerprint density at radius 3 is 2.75 bits per heavy atom. The molecule has 2 amide bonds. The van der Waals surface area contributed by atoms with E-state index in [1.54, 1.807) is 25.1 Å². The number of methoxy groups -OCH3 is 1. The van der Waals surface area contributed by atoms with Gasteiger partial charge in [0.15, 0.2) is 0 Å². The van der Waals surface area contributed by atoms with Gasteiger partial charge < -0.3 is 20.5 Å². The summed E-state index contributed by atoms with van der Waals surface area (Å²) in [6, 6.07) is 4.35. The van der Waals surface area contributed by atoms with Gasteiger partial charge in [-0.2, -0.15) is 0 Å². The number of anilines is 1. The summed E-state index contributed by atoms with van der Waals surface area (Å²) in [7, 11) is 1.53. The van der Waals surface area contributed by atoms with E-state index in [1.165, 1.54) is 7.11 Å². The molecule has 0 aliphatic rings. The first-order valence-corrected chi connectivity index (χ1v) is 6.80. The monoisotopic (exact) mass is 320 g/mol. The molecule has 0 aromatic heterocycles. The molecule has 1 aromatic rings. The Morgan fingerprint density at radius 2 is 2.15 bits per heavy atom. The highest BCUT2D eigenvalue weighted by Gasteiger charge is 2.26. The van der Waals surface area contributed by atoms with Crippen LogP contribution in [0.2, 0.25) is 10.0 Å². The topological polar surface area (TPSA) is 70.6 Å². The highest BCUT2D eigenvalue weighted by atomic mass is 35.5. The highest BCUT2D eigenvalue weighted by Crippen LogP contribution is 2.25. The van der Waals surface area contributed by atoms with Crippen molar-refractivity contribution in [2.75, 3.05) is 25.6 Å². The van der Waals surface area contributed by atoms with Gasteiger partial charge in [0.05, 0.1) is 22.9 Å². The summed E-state index contributed by atoms with van der Waals surface area (Å²) in [6.07, 6.45) is 0.373. The molecular weight excluding hydrogens is 303 g/mol. The van der Waals surface area contributed by atoms with Crippen molar-refractivity contribution in [2.24, 2.45) is 0 Å². The van der Waals surface area contributed by atoms with Crippen molar-refractivity contribution < 1.29 is 14.6 Å². The molecule has 3 N–H and O–H groups in total. The molecule has 0 saturated heterocycles. The summed E-state index contributed by atoms with van der Waals surface area (Å²) in [6.45, 7) is 2.01. The number of carbonyl (C=O) groups excluding carboxylic acids is 1. The minimum absolute atomic E-state index is 0.0575. The van der Waals surface area contributed by atoms with Crippen LogP contribution >= 0.6 is 23.2 Å². The lowest BCUT2D eigenvalue weighted by molar-refractivity contribution is 0.104. The van der Waals surface area contributed by atoms with Gasteiger partial charge in [0.1, 0.15) is 0 Å². The summed E-state index contributed by atoms with van der Waals surface area (Å²) in [5.41, 5.74) is -0.251. The van der Waals surface area contributed by atoms with Crippen LogP contribution in [0.3, 0.4) is 0 Å². The maximum atomic E-state index is 12.0. The van der Waals surface area contributed by atoms with E-state index in [9.17, 15) is 4.79 Å². The van der Waals surface area contributed by atoms with Crippen LogP contribution in [0.5, 0.6) is 0 Å². The van der Waals surface area contributed by atoms with Crippen molar-refractivity contribution in [2.45, 2.75) is 18.9 Å². The molecule has 0 bridgehead atoms. The quantitative estimate of drug-likeness (QED) is 0.754. The SMILES string of the molecule is COCC(C)(CCO)NC(=O)Nc1cc(Cl)ccc1Cl. The van der Waals surface area contributed by atoms with Gasteiger partial charge in [-0.3, -0.25) is 0 Å². The van der Waals surface area contributed by atoms with Crippen LogP contribution in [0, 0.1) is 0 Å². The smallest absolute Gasteiger partial charge is 0.319 e. The van der Waals surface area contributed by atoms with E-state index in [-0.39, 0.29) is 13.2 Å². The summed E-state index contributed by atoms with van der Waals surface area (Å²) < 4.78 is 5.05. The van der Waals surface area contributed by atoms with Crippen LogP contribution < -0.4 is 10.6 Å². The Balaban J connectivity index is 2.72. The van der Waals surface area contributed by atoms with Gasteiger partial charge in [0.25, 0.3) is 0 Å². The zero-order valence-corrected chi connectivity index (χ0v) is 12.9. The highest BCUT2D eigenvalue weighted by molar-refractivity contribution is 6.35. The number of ether oxygens (including phenoxy) is 1. The Bertz CT molecular complexity index is 463. The molecule has 1 atom stereocenters. The lowest BCUT2D eigenvalue weighted by Crippen LogP contribution is -2.51. The largest absolute Gasteiger partial charge is 0.396 e. The number of aliphatic hydroxyl groups excluding tert-OH is 1. The average molecular weight is 321 g/mol. The number of benzene rings is 1. The second kappa shape index (κ2) is 7.69. The molecule has 5 nitrogen and oxygen atoms in total. The first-order chi connectivity index (χ1) is 9.40. The number of amides is 2. The number of rotatable bonds is 6. The normalized spacial score (nSPS) is 13.7. The molecule has 0 aliphatic heterocycles. The molecule has 1 unspecified atom stereocenters. The first-order valence-electron chi connectivity index (χ1n) is 6.04. The molecular formula is C13H18Cl2N2O3. The van der Waals surface area contributed by atoms with E-state index in [0.717, 1.165) is 0 Å². The molecule has 112 valence electrons. The van der Waals surface area contributed by atoms with E-state index in [1.807, 2.05) is 0 Å². The first kappa shape index (κ1) is 17.0. The van der Waals surface area contributed by atoms with Gasteiger partial charge in [0.2, 0.25) is 0 Å². The van der Waals surface area contributed by atoms with Crippen LogP contribution in [-0.2, 0) is 4.74 Å². The minimum atomic E-state index is -0.668. The second-order valence-electron chi connectivity index (χ2n) is 4.67. The van der Waals surface area contributed by atoms with E-state index >= 15 is 0 Å². The number of carbonyl (C=O) groups is 1. The standard InChI is InChI=1S/C13H18Cl2N2O3/c1-13(5-6-18,8-20-2)17-12(19)16-11-7-9(14)3-4-10(11)15/h3-4,7,18H,5-6,8H2,1-2H3,(H2,16,17,19). The zero-order valence-electron chi connectivity index (χ0n) is 11.4. The van der Waals surface area contributed by atoms with Crippen molar-refractivity contribution in [1.82, 2.24) is 5.32 Å². The van der Waals surface area contributed by atoms with Gasteiger partial charge in [-0.05, 0) is 31.5 Å². The molecule has 1 rings (SSSR count). The van der Waals surface area contributed by atoms with Crippen molar-refractivity contribution in [1.29, 1.82) is 0 Å². The maximum Gasteiger partial charge on any atom is 0.319 e. The summed E-state index contributed by atoms with van der Waals surface area (Å²) >= 11 is 11.8. The zero-order chi connectivity index (χ0) is 15.2. The van der Waals surface area contributed by atoms with Gasteiger partial charge in [-0.1, -0.05) is 23.2 Å². The lowest BCUT2D eigenvalue weighted by atomic mass is 10.00. The third kappa shape index (κ3) is 5.17. The molecule has 0 saturated carbocycles. The molecule has 0 radical (unpaired) electrons. The number of aliphatic hydroxyl groups is 1. The fourth-order valence-corrected chi connectivity index (χ4v) is 2.09. The maximum absolute atomic E-state index is 12.0. The fourth-order valence-electron chi connectivity index (χ4n) is 1.76. The van der Waals surface area contributed by atoms with Crippen LogP contribution in [0.15, 0.2) is 18.2 Å². The lowest BCUT2D eigenvalue weighted by Gasteiger charge is -2.29. The van der Waals surface area contributed by atoms with E-state index in [0.29, 0.717) is 22.2 Å². The average Bonchev–Trinajstić information content (AvgIpc) is 2.34. The molecule has 1 aromatic carbocycles. The van der Waals surface area contributed by atoms with Crippen molar-refractivity contribution >= 4 is 34.9 Å². The van der Waals surface area contributed by atoms with E-state index in [2.05, 4.69) is 10.6 Å². The predicted molar refractivity (Wildman–Crippen MR) is 80.6 cm³/mol. The Kier molecular flexibility index (Phi) is 6.55. The van der Waals surface area contributed by atoms with Gasteiger partial charge in [-0.25, -0.2) is 4.79 Å². The molecule has 0 spiro atoms. The van der Waals surface area contributed by atoms with Crippen LogP contribution in [-0.4, -0.2) is 37.0 Å². The molecule has 0 heterocycles.